The molecule has 1 aromatic carbocycles. The topological polar surface area (TPSA) is 20.2 Å². The molecule has 0 aliphatic heterocycles. The van der Waals surface area contributed by atoms with E-state index in [0.717, 1.165) is 19.3 Å². The van der Waals surface area contributed by atoms with Gasteiger partial charge in [0.2, 0.25) is 0 Å². The number of hydrogen-bond acceptors (Lipinski definition) is 1. The SMILES string of the molecule is C#C[C@]1(O)CC[C@H]2[C@@H]3CCc4cc(C)ccc4[C@H]3CC[C@@]21C. The van der Waals surface area contributed by atoms with Crippen LogP contribution in [0.4, 0.5) is 0 Å². The molecule has 1 aromatic rings. The molecule has 5 atom stereocenters. The van der Waals surface area contributed by atoms with Crippen molar-refractivity contribution in [2.75, 3.05) is 0 Å². The lowest BCUT2D eigenvalue weighted by molar-refractivity contribution is -0.0646. The van der Waals surface area contributed by atoms with Crippen LogP contribution in [0.5, 0.6) is 0 Å². The van der Waals surface area contributed by atoms with Gasteiger partial charge in [-0.2, -0.15) is 0 Å². The number of rotatable bonds is 0. The predicted octanol–water partition coefficient (Wildman–Crippen LogP) is 4.22. The Labute approximate surface area is 134 Å². The van der Waals surface area contributed by atoms with E-state index in [1.165, 1.54) is 24.8 Å². The van der Waals surface area contributed by atoms with E-state index in [1.807, 2.05) is 0 Å². The summed E-state index contributed by atoms with van der Waals surface area (Å²) in [6, 6.07) is 7.01. The second-order valence-electron chi connectivity index (χ2n) is 8.12. The van der Waals surface area contributed by atoms with Crippen LogP contribution in [-0.2, 0) is 6.42 Å². The second kappa shape index (κ2) is 4.62. The van der Waals surface area contributed by atoms with Crippen LogP contribution in [0.1, 0.15) is 61.6 Å². The summed E-state index contributed by atoms with van der Waals surface area (Å²) >= 11 is 0. The first-order valence-electron chi connectivity index (χ1n) is 8.78. The lowest BCUT2D eigenvalue weighted by Gasteiger charge is -2.52. The van der Waals surface area contributed by atoms with Crippen LogP contribution >= 0.6 is 0 Å². The summed E-state index contributed by atoms with van der Waals surface area (Å²) in [5.74, 6) is 4.73. The fourth-order valence-electron chi connectivity index (χ4n) is 5.96. The zero-order valence-electron chi connectivity index (χ0n) is 13.7. The van der Waals surface area contributed by atoms with Gasteiger partial charge in [-0.25, -0.2) is 0 Å². The van der Waals surface area contributed by atoms with E-state index in [1.54, 1.807) is 11.1 Å². The molecule has 0 heterocycles. The fraction of sp³-hybridized carbons (Fsp3) is 0.619. The van der Waals surface area contributed by atoms with Crippen molar-refractivity contribution in [1.82, 2.24) is 0 Å². The highest BCUT2D eigenvalue weighted by atomic mass is 16.3. The van der Waals surface area contributed by atoms with Crippen LogP contribution in [0.25, 0.3) is 0 Å². The maximum atomic E-state index is 10.9. The van der Waals surface area contributed by atoms with E-state index >= 15 is 0 Å². The maximum Gasteiger partial charge on any atom is 0.130 e. The molecule has 22 heavy (non-hydrogen) atoms. The molecule has 4 rings (SSSR count). The van der Waals surface area contributed by atoms with E-state index < -0.39 is 5.60 Å². The Bertz CT molecular complexity index is 654. The summed E-state index contributed by atoms with van der Waals surface area (Å²) in [6.45, 7) is 4.44. The van der Waals surface area contributed by atoms with Gasteiger partial charge in [-0.05, 0) is 74.3 Å². The zero-order chi connectivity index (χ0) is 15.5. The average Bonchev–Trinajstić information content (AvgIpc) is 2.79. The summed E-state index contributed by atoms with van der Waals surface area (Å²) in [4.78, 5) is 0. The van der Waals surface area contributed by atoms with Crippen molar-refractivity contribution in [3.8, 4) is 12.3 Å². The van der Waals surface area contributed by atoms with E-state index in [0.29, 0.717) is 17.8 Å². The van der Waals surface area contributed by atoms with Crippen molar-refractivity contribution < 1.29 is 5.11 Å². The molecule has 2 saturated carbocycles. The van der Waals surface area contributed by atoms with Gasteiger partial charge in [0, 0.05) is 5.41 Å². The number of terminal acetylenes is 1. The Morgan fingerprint density at radius 3 is 2.82 bits per heavy atom. The molecule has 0 unspecified atom stereocenters. The Hall–Kier alpha value is -1.26. The van der Waals surface area contributed by atoms with E-state index in [9.17, 15) is 5.11 Å². The zero-order valence-corrected chi connectivity index (χ0v) is 13.7. The lowest BCUT2D eigenvalue weighted by atomic mass is 9.53. The second-order valence-corrected chi connectivity index (χ2v) is 8.12. The van der Waals surface area contributed by atoms with Gasteiger partial charge < -0.3 is 5.11 Å². The Kier molecular flexibility index (Phi) is 3.01. The molecular weight excluding hydrogens is 268 g/mol. The third-order valence-electron chi connectivity index (χ3n) is 7.27. The normalized spacial score (nSPS) is 42.9. The molecule has 0 amide bonds. The number of hydrogen-bond donors (Lipinski definition) is 1. The summed E-state index contributed by atoms with van der Waals surface area (Å²) in [5, 5.41) is 10.9. The molecule has 0 bridgehead atoms. The van der Waals surface area contributed by atoms with Crippen molar-refractivity contribution in [3.63, 3.8) is 0 Å². The van der Waals surface area contributed by atoms with Gasteiger partial charge >= 0.3 is 0 Å². The third kappa shape index (κ3) is 1.71. The first kappa shape index (κ1) is 14.3. The van der Waals surface area contributed by atoms with Gasteiger partial charge in [0.1, 0.15) is 5.60 Å². The Morgan fingerprint density at radius 1 is 1.23 bits per heavy atom. The first-order valence-corrected chi connectivity index (χ1v) is 8.78. The minimum absolute atomic E-state index is 0.0783. The summed E-state index contributed by atoms with van der Waals surface area (Å²) in [7, 11) is 0. The van der Waals surface area contributed by atoms with Crippen molar-refractivity contribution in [2.45, 2.75) is 63.9 Å². The van der Waals surface area contributed by atoms with E-state index in [4.69, 9.17) is 6.42 Å². The highest BCUT2D eigenvalue weighted by Crippen LogP contribution is 2.64. The van der Waals surface area contributed by atoms with Gasteiger partial charge in [-0.1, -0.05) is 36.6 Å². The largest absolute Gasteiger partial charge is 0.377 e. The molecule has 3 aliphatic carbocycles. The lowest BCUT2D eigenvalue weighted by Crippen LogP contribution is -2.50. The van der Waals surface area contributed by atoms with Crippen LogP contribution in [-0.4, -0.2) is 10.7 Å². The Balaban J connectivity index is 1.72. The first-order chi connectivity index (χ1) is 10.5. The monoisotopic (exact) mass is 294 g/mol. The van der Waals surface area contributed by atoms with Crippen LogP contribution in [0.15, 0.2) is 18.2 Å². The smallest absolute Gasteiger partial charge is 0.130 e. The van der Waals surface area contributed by atoms with Gasteiger partial charge in [-0.15, -0.1) is 6.42 Å². The van der Waals surface area contributed by atoms with E-state index in [-0.39, 0.29) is 5.41 Å². The highest BCUT2D eigenvalue weighted by Gasteiger charge is 2.61. The maximum absolute atomic E-state index is 10.9. The molecule has 1 N–H and O–H groups in total. The van der Waals surface area contributed by atoms with Crippen molar-refractivity contribution in [2.24, 2.45) is 17.3 Å². The summed E-state index contributed by atoms with van der Waals surface area (Å²) in [5.41, 5.74) is 3.57. The molecule has 0 spiro atoms. The number of benzene rings is 1. The number of aliphatic hydroxyl groups is 1. The van der Waals surface area contributed by atoms with E-state index in [2.05, 4.69) is 38.0 Å². The third-order valence-corrected chi connectivity index (χ3v) is 7.27. The van der Waals surface area contributed by atoms with Crippen molar-refractivity contribution in [1.29, 1.82) is 0 Å². The predicted molar refractivity (Wildman–Crippen MR) is 89.6 cm³/mol. The molecule has 1 nitrogen and oxygen atoms in total. The molecule has 0 aromatic heterocycles. The summed E-state index contributed by atoms with van der Waals surface area (Å²) < 4.78 is 0. The average molecular weight is 294 g/mol. The molecule has 0 radical (unpaired) electrons. The highest BCUT2D eigenvalue weighted by molar-refractivity contribution is 5.38. The quantitative estimate of drug-likeness (QED) is 0.710. The molecule has 2 fully saturated rings. The van der Waals surface area contributed by atoms with Crippen LogP contribution in [0.2, 0.25) is 0 Å². The minimum Gasteiger partial charge on any atom is -0.377 e. The van der Waals surface area contributed by atoms with Crippen LogP contribution in [0.3, 0.4) is 0 Å². The number of aryl methyl sites for hydroxylation is 2. The van der Waals surface area contributed by atoms with Gasteiger partial charge in [-0.3, -0.25) is 0 Å². The molecule has 0 saturated heterocycles. The Morgan fingerprint density at radius 2 is 2.05 bits per heavy atom. The van der Waals surface area contributed by atoms with Gasteiger partial charge in [0.15, 0.2) is 0 Å². The molecule has 1 heteroatoms. The van der Waals surface area contributed by atoms with Gasteiger partial charge in [0.25, 0.3) is 0 Å². The molecule has 3 aliphatic rings. The van der Waals surface area contributed by atoms with Crippen molar-refractivity contribution in [3.05, 3.63) is 34.9 Å². The number of fused-ring (bicyclic) bond motifs is 5. The fourth-order valence-corrected chi connectivity index (χ4v) is 5.96. The molecule has 116 valence electrons. The minimum atomic E-state index is -0.879. The molecular formula is C21H26O. The standard InChI is InChI=1S/C21H26O/c1-4-21(22)12-10-19-18-8-6-15-13-14(2)5-7-16(15)17(18)9-11-20(19,21)3/h1,5,7,13,17-19,22H,6,8-12H2,2-3H3/t17-,18-,19+,20+,21+/m1/s1. The van der Waals surface area contributed by atoms with Crippen LogP contribution in [0, 0.1) is 36.5 Å². The van der Waals surface area contributed by atoms with Crippen LogP contribution < -0.4 is 0 Å². The van der Waals surface area contributed by atoms with Crippen molar-refractivity contribution >= 4 is 0 Å². The van der Waals surface area contributed by atoms with Gasteiger partial charge in [0.05, 0.1) is 0 Å². The summed E-state index contributed by atoms with van der Waals surface area (Å²) in [6.07, 6.45) is 12.3.